The van der Waals surface area contributed by atoms with E-state index in [1.165, 1.54) is 0 Å². The predicted octanol–water partition coefficient (Wildman–Crippen LogP) is 4.67. The Morgan fingerprint density at radius 3 is 2.28 bits per heavy atom. The van der Waals surface area contributed by atoms with Crippen LogP contribution in [0.2, 0.25) is 0 Å². The largest absolute Gasteiger partial charge is 0.463 e. The van der Waals surface area contributed by atoms with Gasteiger partial charge in [-0.25, -0.2) is 9.48 Å². The Balaban J connectivity index is 1.35. The second kappa shape index (κ2) is 8.43. The van der Waals surface area contributed by atoms with Crippen molar-refractivity contribution in [1.29, 1.82) is 0 Å². The zero-order valence-corrected chi connectivity index (χ0v) is 17.1. The number of carbonyl (C=O) groups excluding carboxylic acids is 2. The Bertz CT molecular complexity index is 1230. The number of amides is 3. The van der Waals surface area contributed by atoms with E-state index in [-0.39, 0.29) is 18.0 Å². The van der Waals surface area contributed by atoms with Crippen LogP contribution in [0.4, 0.5) is 16.2 Å². The third kappa shape index (κ3) is 4.39. The highest BCUT2D eigenvalue weighted by Gasteiger charge is 2.23. The molecule has 3 N–H and O–H groups in total. The first kappa shape index (κ1) is 19.6. The summed E-state index contributed by atoms with van der Waals surface area (Å²) >= 11 is 0. The van der Waals surface area contributed by atoms with Crippen molar-refractivity contribution in [2.75, 3.05) is 10.6 Å². The number of anilines is 2. The lowest BCUT2D eigenvalue weighted by Gasteiger charge is -2.10. The summed E-state index contributed by atoms with van der Waals surface area (Å²) in [6, 6.07) is 21.7. The molecular weight excluding hydrogens is 406 g/mol. The lowest BCUT2D eigenvalue weighted by Crippen LogP contribution is -2.30. The van der Waals surface area contributed by atoms with Gasteiger partial charge < -0.3 is 20.4 Å². The quantitative estimate of drug-likeness (QED) is 0.416. The minimum absolute atomic E-state index is 0.221. The molecule has 4 aromatic rings. The van der Waals surface area contributed by atoms with E-state index in [9.17, 15) is 9.59 Å². The van der Waals surface area contributed by atoms with E-state index < -0.39 is 0 Å². The fraction of sp³-hybridized carbons (Fsp3) is 0.125. The molecule has 1 aliphatic carbocycles. The average Bonchev–Trinajstić information content (AvgIpc) is 3.28. The number of benzene rings is 2. The molecule has 0 spiro atoms. The number of urea groups is 1. The van der Waals surface area contributed by atoms with Crippen molar-refractivity contribution >= 4 is 23.3 Å². The van der Waals surface area contributed by atoms with Gasteiger partial charge in [0.15, 0.2) is 5.76 Å². The minimum atomic E-state index is -0.314. The second-order valence-corrected chi connectivity index (χ2v) is 7.54. The SMILES string of the molecule is O=C(Nc1ccc(NC(=O)c2cc(-c3ccco3)nn2-c2ccccc2)cc1)NC1CC1. The van der Waals surface area contributed by atoms with Crippen molar-refractivity contribution in [3.8, 4) is 17.1 Å². The van der Waals surface area contributed by atoms with Gasteiger partial charge in [0.25, 0.3) is 5.91 Å². The molecule has 3 amide bonds. The number of para-hydroxylation sites is 1. The highest BCUT2D eigenvalue weighted by Crippen LogP contribution is 2.23. The Morgan fingerprint density at radius 2 is 1.62 bits per heavy atom. The molecule has 0 bridgehead atoms. The van der Waals surface area contributed by atoms with Crippen molar-refractivity contribution in [1.82, 2.24) is 15.1 Å². The number of hydrogen-bond acceptors (Lipinski definition) is 4. The van der Waals surface area contributed by atoms with Gasteiger partial charge in [0.05, 0.1) is 12.0 Å². The van der Waals surface area contributed by atoms with E-state index in [0.717, 1.165) is 18.5 Å². The predicted molar refractivity (Wildman–Crippen MR) is 121 cm³/mol. The van der Waals surface area contributed by atoms with Crippen molar-refractivity contribution < 1.29 is 14.0 Å². The molecule has 5 rings (SSSR count). The van der Waals surface area contributed by atoms with E-state index >= 15 is 0 Å². The maximum atomic E-state index is 13.1. The summed E-state index contributed by atoms with van der Waals surface area (Å²) in [7, 11) is 0. The minimum Gasteiger partial charge on any atom is -0.463 e. The van der Waals surface area contributed by atoms with Crippen molar-refractivity contribution in [3.63, 3.8) is 0 Å². The molecule has 0 atom stereocenters. The first-order valence-corrected chi connectivity index (χ1v) is 10.3. The topological polar surface area (TPSA) is 101 Å². The molecule has 1 saturated carbocycles. The van der Waals surface area contributed by atoms with Crippen LogP contribution in [0.1, 0.15) is 23.3 Å². The molecule has 2 aromatic heterocycles. The molecule has 2 aromatic carbocycles. The molecule has 0 aliphatic heterocycles. The van der Waals surface area contributed by atoms with Gasteiger partial charge in [0, 0.05) is 23.5 Å². The number of furan rings is 1. The molecule has 8 heteroatoms. The standard InChI is InChI=1S/C24H21N5O3/c30-23(25-16-8-10-17(11-9-16)26-24(31)27-18-12-13-18)21-15-20(22-7-4-14-32-22)28-29(21)19-5-2-1-3-6-19/h1-11,14-15,18H,12-13H2,(H,25,30)(H2,26,27,31). The first-order chi connectivity index (χ1) is 15.7. The number of hydrogen-bond donors (Lipinski definition) is 3. The van der Waals surface area contributed by atoms with Gasteiger partial charge in [-0.1, -0.05) is 18.2 Å². The van der Waals surface area contributed by atoms with Crippen LogP contribution in [-0.4, -0.2) is 27.8 Å². The molecule has 160 valence electrons. The average molecular weight is 427 g/mol. The molecule has 8 nitrogen and oxygen atoms in total. The molecule has 1 aliphatic rings. The summed E-state index contributed by atoms with van der Waals surface area (Å²) in [5.74, 6) is 0.264. The number of nitrogens with zero attached hydrogens (tertiary/aromatic N) is 2. The van der Waals surface area contributed by atoms with Crippen LogP contribution in [0, 0.1) is 0 Å². The van der Waals surface area contributed by atoms with E-state index in [1.807, 2.05) is 30.3 Å². The molecule has 0 radical (unpaired) electrons. The molecular formula is C24H21N5O3. The van der Waals surface area contributed by atoms with Gasteiger partial charge in [-0.15, -0.1) is 0 Å². The summed E-state index contributed by atoms with van der Waals surface area (Å²) in [5, 5.41) is 13.1. The van der Waals surface area contributed by atoms with E-state index in [2.05, 4.69) is 21.0 Å². The van der Waals surface area contributed by atoms with Crippen LogP contribution in [0.5, 0.6) is 0 Å². The summed E-state index contributed by atoms with van der Waals surface area (Å²) in [6.45, 7) is 0. The third-order valence-corrected chi connectivity index (χ3v) is 5.03. The van der Waals surface area contributed by atoms with Crippen LogP contribution in [0.25, 0.3) is 17.1 Å². The monoisotopic (exact) mass is 427 g/mol. The number of nitrogens with one attached hydrogen (secondary N) is 3. The Kier molecular flexibility index (Phi) is 5.17. The van der Waals surface area contributed by atoms with Gasteiger partial charge in [-0.2, -0.15) is 5.10 Å². The maximum Gasteiger partial charge on any atom is 0.319 e. The summed E-state index contributed by atoms with van der Waals surface area (Å²) < 4.78 is 7.04. The Hall–Kier alpha value is -4.33. The highest BCUT2D eigenvalue weighted by atomic mass is 16.3. The van der Waals surface area contributed by atoms with Gasteiger partial charge in [0.2, 0.25) is 0 Å². The van der Waals surface area contributed by atoms with Crippen molar-refractivity contribution in [2.24, 2.45) is 0 Å². The van der Waals surface area contributed by atoms with Gasteiger partial charge in [0.1, 0.15) is 11.4 Å². The van der Waals surface area contributed by atoms with E-state index in [1.54, 1.807) is 53.4 Å². The first-order valence-electron chi connectivity index (χ1n) is 10.3. The molecule has 2 heterocycles. The maximum absolute atomic E-state index is 13.1. The lowest BCUT2D eigenvalue weighted by molar-refractivity contribution is 0.101. The van der Waals surface area contributed by atoms with E-state index in [4.69, 9.17) is 4.42 Å². The summed E-state index contributed by atoms with van der Waals surface area (Å²) in [5.41, 5.74) is 2.94. The molecule has 1 fully saturated rings. The van der Waals surface area contributed by atoms with Gasteiger partial charge in [-0.05, 0) is 61.4 Å². The van der Waals surface area contributed by atoms with Crippen LogP contribution in [0.15, 0.2) is 83.5 Å². The Labute approximate surface area is 184 Å². The third-order valence-electron chi connectivity index (χ3n) is 5.03. The Morgan fingerprint density at radius 1 is 0.906 bits per heavy atom. The molecule has 0 unspecified atom stereocenters. The fourth-order valence-corrected chi connectivity index (χ4v) is 3.27. The fourth-order valence-electron chi connectivity index (χ4n) is 3.27. The summed E-state index contributed by atoms with van der Waals surface area (Å²) in [6.07, 6.45) is 3.62. The molecule has 32 heavy (non-hydrogen) atoms. The lowest BCUT2D eigenvalue weighted by atomic mass is 10.2. The second-order valence-electron chi connectivity index (χ2n) is 7.54. The number of rotatable bonds is 6. The summed E-state index contributed by atoms with van der Waals surface area (Å²) in [4.78, 5) is 25.0. The zero-order valence-electron chi connectivity index (χ0n) is 17.1. The smallest absolute Gasteiger partial charge is 0.319 e. The van der Waals surface area contributed by atoms with E-state index in [0.29, 0.717) is 28.5 Å². The number of carbonyl (C=O) groups is 2. The van der Waals surface area contributed by atoms with Crippen LogP contribution in [0.3, 0.4) is 0 Å². The van der Waals surface area contributed by atoms with Gasteiger partial charge >= 0.3 is 6.03 Å². The zero-order chi connectivity index (χ0) is 21.9. The van der Waals surface area contributed by atoms with Crippen LogP contribution in [-0.2, 0) is 0 Å². The normalized spacial score (nSPS) is 12.9. The highest BCUT2D eigenvalue weighted by molar-refractivity contribution is 6.04. The number of aromatic nitrogens is 2. The van der Waals surface area contributed by atoms with Gasteiger partial charge in [-0.3, -0.25) is 4.79 Å². The van der Waals surface area contributed by atoms with Crippen molar-refractivity contribution in [3.05, 3.63) is 84.8 Å². The van der Waals surface area contributed by atoms with Crippen LogP contribution >= 0.6 is 0 Å². The van der Waals surface area contributed by atoms with Crippen LogP contribution < -0.4 is 16.0 Å². The molecule has 0 saturated heterocycles. The van der Waals surface area contributed by atoms with Crippen molar-refractivity contribution in [2.45, 2.75) is 18.9 Å².